The Kier molecular flexibility index (Phi) is 4.96. The molecule has 0 amide bonds. The van der Waals surface area contributed by atoms with Crippen LogP contribution in [0.3, 0.4) is 0 Å². The number of benzene rings is 1. The minimum absolute atomic E-state index is 0.529. The molecule has 1 unspecified atom stereocenters. The first-order chi connectivity index (χ1) is 9.60. The van der Waals surface area contributed by atoms with Crippen LogP contribution in [0.15, 0.2) is 30.5 Å². The van der Waals surface area contributed by atoms with Crippen molar-refractivity contribution in [2.75, 3.05) is 6.54 Å². The molecule has 0 aliphatic heterocycles. The third-order valence-electron chi connectivity index (χ3n) is 3.56. The van der Waals surface area contributed by atoms with Gasteiger partial charge in [-0.05, 0) is 44.4 Å². The Morgan fingerprint density at radius 2 is 1.95 bits per heavy atom. The highest BCUT2D eigenvalue weighted by Crippen LogP contribution is 2.22. The lowest BCUT2D eigenvalue weighted by Gasteiger charge is -2.13. The van der Waals surface area contributed by atoms with Crippen molar-refractivity contribution in [3.8, 4) is 11.1 Å². The first-order valence-corrected chi connectivity index (χ1v) is 7.43. The van der Waals surface area contributed by atoms with Crippen LogP contribution in [0.2, 0.25) is 0 Å². The maximum Gasteiger partial charge on any atom is 0.0671 e. The van der Waals surface area contributed by atoms with E-state index >= 15 is 0 Å². The summed E-state index contributed by atoms with van der Waals surface area (Å²) in [5.74, 6) is 0. The SMILES string of the molecule is CCCNC(C)Cc1ccc(-c2cn(C)nc2C)cc1. The molecule has 0 radical (unpaired) electrons. The number of hydrogen-bond acceptors (Lipinski definition) is 2. The summed E-state index contributed by atoms with van der Waals surface area (Å²) in [6, 6.07) is 9.39. The molecule has 2 aromatic rings. The average molecular weight is 271 g/mol. The molecule has 0 aliphatic rings. The van der Waals surface area contributed by atoms with Crippen LogP contribution in [0.1, 0.15) is 31.5 Å². The van der Waals surface area contributed by atoms with Crippen molar-refractivity contribution in [2.24, 2.45) is 7.05 Å². The average Bonchev–Trinajstić information content (AvgIpc) is 2.76. The largest absolute Gasteiger partial charge is 0.314 e. The quantitative estimate of drug-likeness (QED) is 0.873. The van der Waals surface area contributed by atoms with Gasteiger partial charge in [0.1, 0.15) is 0 Å². The standard InChI is InChI=1S/C17H25N3/c1-5-10-18-13(2)11-15-6-8-16(9-7-15)17-12-20(4)19-14(17)3/h6-9,12-13,18H,5,10-11H2,1-4H3. The first-order valence-electron chi connectivity index (χ1n) is 7.43. The molecular weight excluding hydrogens is 246 g/mol. The van der Waals surface area contributed by atoms with Gasteiger partial charge >= 0.3 is 0 Å². The number of aryl methyl sites for hydroxylation is 2. The number of nitrogens with one attached hydrogen (secondary N) is 1. The van der Waals surface area contributed by atoms with E-state index in [0.29, 0.717) is 6.04 Å². The van der Waals surface area contributed by atoms with Crippen molar-refractivity contribution < 1.29 is 0 Å². The summed E-state index contributed by atoms with van der Waals surface area (Å²) < 4.78 is 1.87. The van der Waals surface area contributed by atoms with E-state index < -0.39 is 0 Å². The summed E-state index contributed by atoms with van der Waals surface area (Å²) in [5.41, 5.74) is 4.93. The van der Waals surface area contributed by atoms with Crippen LogP contribution in [0.4, 0.5) is 0 Å². The Bertz CT molecular complexity index is 540. The van der Waals surface area contributed by atoms with Gasteiger partial charge in [-0.1, -0.05) is 31.2 Å². The van der Waals surface area contributed by atoms with Crippen molar-refractivity contribution in [1.29, 1.82) is 0 Å². The third kappa shape index (κ3) is 3.70. The van der Waals surface area contributed by atoms with Gasteiger partial charge in [0, 0.05) is 24.8 Å². The molecule has 0 bridgehead atoms. The second kappa shape index (κ2) is 6.71. The predicted octanol–water partition coefficient (Wildman–Crippen LogP) is 3.33. The van der Waals surface area contributed by atoms with Crippen molar-refractivity contribution in [2.45, 2.75) is 39.7 Å². The molecule has 0 saturated heterocycles. The minimum atomic E-state index is 0.529. The fourth-order valence-electron chi connectivity index (χ4n) is 2.52. The Labute approximate surface area is 122 Å². The molecule has 0 aliphatic carbocycles. The van der Waals surface area contributed by atoms with E-state index in [4.69, 9.17) is 0 Å². The lowest BCUT2D eigenvalue weighted by Crippen LogP contribution is -2.28. The van der Waals surface area contributed by atoms with E-state index in [2.05, 4.69) is 61.6 Å². The normalized spacial score (nSPS) is 12.6. The van der Waals surface area contributed by atoms with Gasteiger partial charge in [0.2, 0.25) is 0 Å². The van der Waals surface area contributed by atoms with E-state index in [1.165, 1.54) is 23.1 Å². The van der Waals surface area contributed by atoms with Crippen LogP contribution in [-0.4, -0.2) is 22.4 Å². The molecule has 108 valence electrons. The molecule has 1 atom stereocenters. The monoisotopic (exact) mass is 271 g/mol. The van der Waals surface area contributed by atoms with Crippen molar-refractivity contribution in [3.63, 3.8) is 0 Å². The summed E-state index contributed by atoms with van der Waals surface area (Å²) in [6.07, 6.45) is 4.34. The maximum absolute atomic E-state index is 4.40. The van der Waals surface area contributed by atoms with Crippen LogP contribution >= 0.6 is 0 Å². The van der Waals surface area contributed by atoms with Crippen LogP contribution in [-0.2, 0) is 13.5 Å². The van der Waals surface area contributed by atoms with E-state index in [0.717, 1.165) is 18.7 Å². The molecule has 0 fully saturated rings. The summed E-state index contributed by atoms with van der Waals surface area (Å²) in [5, 5.41) is 7.92. The van der Waals surface area contributed by atoms with Crippen LogP contribution in [0.25, 0.3) is 11.1 Å². The molecule has 1 N–H and O–H groups in total. The van der Waals surface area contributed by atoms with Gasteiger partial charge < -0.3 is 5.32 Å². The Hall–Kier alpha value is -1.61. The summed E-state index contributed by atoms with van der Waals surface area (Å²) in [4.78, 5) is 0. The van der Waals surface area contributed by atoms with E-state index in [-0.39, 0.29) is 0 Å². The highest BCUT2D eigenvalue weighted by Gasteiger charge is 2.07. The second-order valence-corrected chi connectivity index (χ2v) is 5.56. The van der Waals surface area contributed by atoms with Crippen molar-refractivity contribution >= 4 is 0 Å². The minimum Gasteiger partial charge on any atom is -0.314 e. The molecule has 3 nitrogen and oxygen atoms in total. The van der Waals surface area contributed by atoms with Gasteiger partial charge in [0.05, 0.1) is 5.69 Å². The molecule has 3 heteroatoms. The number of rotatable bonds is 6. The zero-order valence-electron chi connectivity index (χ0n) is 13.0. The topological polar surface area (TPSA) is 29.9 Å². The number of aromatic nitrogens is 2. The highest BCUT2D eigenvalue weighted by atomic mass is 15.2. The summed E-state index contributed by atoms with van der Waals surface area (Å²) >= 11 is 0. The molecular formula is C17H25N3. The predicted molar refractivity (Wildman–Crippen MR) is 84.8 cm³/mol. The first kappa shape index (κ1) is 14.8. The highest BCUT2D eigenvalue weighted by molar-refractivity contribution is 5.65. The van der Waals surface area contributed by atoms with Gasteiger partial charge in [-0.15, -0.1) is 0 Å². The van der Waals surface area contributed by atoms with E-state index in [1.807, 2.05) is 11.7 Å². The zero-order valence-corrected chi connectivity index (χ0v) is 13.0. The van der Waals surface area contributed by atoms with Crippen LogP contribution < -0.4 is 5.32 Å². The van der Waals surface area contributed by atoms with Gasteiger partial charge in [0.25, 0.3) is 0 Å². The molecule has 1 aromatic carbocycles. The molecule has 0 spiro atoms. The Balaban J connectivity index is 2.05. The molecule has 2 rings (SSSR count). The number of nitrogens with zero attached hydrogens (tertiary/aromatic N) is 2. The van der Waals surface area contributed by atoms with E-state index in [9.17, 15) is 0 Å². The van der Waals surface area contributed by atoms with E-state index in [1.54, 1.807) is 0 Å². The van der Waals surface area contributed by atoms with Crippen LogP contribution in [0.5, 0.6) is 0 Å². The second-order valence-electron chi connectivity index (χ2n) is 5.56. The summed E-state index contributed by atoms with van der Waals surface area (Å²) in [7, 11) is 1.96. The Morgan fingerprint density at radius 1 is 1.25 bits per heavy atom. The zero-order chi connectivity index (χ0) is 14.5. The fraction of sp³-hybridized carbons (Fsp3) is 0.471. The van der Waals surface area contributed by atoms with Crippen molar-refractivity contribution in [1.82, 2.24) is 15.1 Å². The lowest BCUT2D eigenvalue weighted by atomic mass is 10.0. The smallest absolute Gasteiger partial charge is 0.0671 e. The van der Waals surface area contributed by atoms with Gasteiger partial charge in [-0.2, -0.15) is 5.10 Å². The molecule has 0 saturated carbocycles. The lowest BCUT2D eigenvalue weighted by molar-refractivity contribution is 0.543. The maximum atomic E-state index is 4.40. The third-order valence-corrected chi connectivity index (χ3v) is 3.56. The van der Waals surface area contributed by atoms with Gasteiger partial charge in [0.15, 0.2) is 0 Å². The summed E-state index contributed by atoms with van der Waals surface area (Å²) in [6.45, 7) is 7.59. The van der Waals surface area contributed by atoms with Gasteiger partial charge in [-0.3, -0.25) is 4.68 Å². The molecule has 20 heavy (non-hydrogen) atoms. The number of hydrogen-bond donors (Lipinski definition) is 1. The van der Waals surface area contributed by atoms with Crippen LogP contribution in [0, 0.1) is 6.92 Å². The molecule has 1 heterocycles. The fourth-order valence-corrected chi connectivity index (χ4v) is 2.52. The van der Waals surface area contributed by atoms with Gasteiger partial charge in [-0.25, -0.2) is 0 Å². The molecule has 1 aromatic heterocycles. The Morgan fingerprint density at radius 3 is 2.50 bits per heavy atom. The van der Waals surface area contributed by atoms with Crippen molar-refractivity contribution in [3.05, 3.63) is 41.7 Å².